The Labute approximate surface area is 130 Å². The Kier molecular flexibility index (Phi) is 6.53. The third-order valence-electron chi connectivity index (χ3n) is 5.77. The molecule has 1 saturated carbocycles. The molecule has 1 heterocycles. The summed E-state index contributed by atoms with van der Waals surface area (Å²) >= 11 is 0. The van der Waals surface area contributed by atoms with Gasteiger partial charge in [0.2, 0.25) is 5.91 Å². The molecule has 0 bridgehead atoms. The number of carbonyl (C=O) groups is 1. The van der Waals surface area contributed by atoms with Crippen molar-refractivity contribution in [2.24, 2.45) is 23.5 Å². The van der Waals surface area contributed by atoms with Gasteiger partial charge >= 0.3 is 0 Å². The van der Waals surface area contributed by atoms with E-state index in [9.17, 15) is 4.79 Å². The van der Waals surface area contributed by atoms with Crippen LogP contribution in [-0.2, 0) is 4.79 Å². The van der Waals surface area contributed by atoms with Gasteiger partial charge in [-0.15, -0.1) is 0 Å². The molecule has 1 saturated heterocycles. The summed E-state index contributed by atoms with van der Waals surface area (Å²) in [5.74, 6) is 2.44. The van der Waals surface area contributed by atoms with E-state index in [1.807, 2.05) is 0 Å². The first-order chi connectivity index (χ1) is 10.1. The largest absolute Gasteiger partial charge is 0.339 e. The Morgan fingerprint density at radius 3 is 2.57 bits per heavy atom. The maximum absolute atomic E-state index is 12.7. The van der Waals surface area contributed by atoms with Crippen LogP contribution in [0.1, 0.15) is 71.6 Å². The van der Waals surface area contributed by atoms with Gasteiger partial charge in [-0.1, -0.05) is 26.7 Å². The number of nitrogens with zero attached hydrogens (tertiary/aromatic N) is 1. The highest BCUT2D eigenvalue weighted by Crippen LogP contribution is 2.35. The second-order valence-electron chi connectivity index (χ2n) is 7.46. The number of hydrogen-bond acceptors (Lipinski definition) is 2. The average Bonchev–Trinajstić information content (AvgIpc) is 2.50. The van der Waals surface area contributed by atoms with E-state index >= 15 is 0 Å². The van der Waals surface area contributed by atoms with E-state index < -0.39 is 0 Å². The quantitative estimate of drug-likeness (QED) is 0.814. The Morgan fingerprint density at radius 2 is 1.86 bits per heavy atom. The van der Waals surface area contributed by atoms with E-state index in [2.05, 4.69) is 18.7 Å². The van der Waals surface area contributed by atoms with Crippen molar-refractivity contribution in [1.29, 1.82) is 0 Å². The Morgan fingerprint density at radius 1 is 1.14 bits per heavy atom. The highest BCUT2D eigenvalue weighted by atomic mass is 16.2. The van der Waals surface area contributed by atoms with Crippen LogP contribution in [0.25, 0.3) is 0 Å². The lowest BCUT2D eigenvalue weighted by molar-refractivity contribution is -0.137. The number of piperidine rings is 1. The minimum atomic E-state index is 0.411. The molecule has 3 heteroatoms. The molecule has 1 amide bonds. The van der Waals surface area contributed by atoms with Gasteiger partial charge in [0.1, 0.15) is 0 Å². The van der Waals surface area contributed by atoms with Crippen LogP contribution >= 0.6 is 0 Å². The molecule has 0 aromatic rings. The summed E-state index contributed by atoms with van der Waals surface area (Å²) in [5, 5.41) is 0. The molecule has 2 rings (SSSR count). The molecule has 0 aromatic heterocycles. The van der Waals surface area contributed by atoms with Crippen LogP contribution in [0.15, 0.2) is 0 Å². The van der Waals surface area contributed by atoms with Crippen LogP contribution < -0.4 is 5.73 Å². The average molecular weight is 294 g/mol. The van der Waals surface area contributed by atoms with E-state index in [1.165, 1.54) is 38.5 Å². The Bertz CT molecular complexity index is 327. The molecule has 21 heavy (non-hydrogen) atoms. The van der Waals surface area contributed by atoms with Gasteiger partial charge in [-0.25, -0.2) is 0 Å². The van der Waals surface area contributed by atoms with Gasteiger partial charge < -0.3 is 10.6 Å². The number of carbonyl (C=O) groups excluding carboxylic acids is 1. The highest BCUT2D eigenvalue weighted by Gasteiger charge is 2.35. The van der Waals surface area contributed by atoms with Gasteiger partial charge in [0.05, 0.1) is 0 Å². The minimum Gasteiger partial charge on any atom is -0.339 e. The van der Waals surface area contributed by atoms with Gasteiger partial charge in [0.25, 0.3) is 0 Å². The van der Waals surface area contributed by atoms with Crippen molar-refractivity contribution in [3.05, 3.63) is 0 Å². The molecule has 3 atom stereocenters. The van der Waals surface area contributed by atoms with Crippen molar-refractivity contribution in [1.82, 2.24) is 4.90 Å². The van der Waals surface area contributed by atoms with Crippen LogP contribution in [0.5, 0.6) is 0 Å². The minimum absolute atomic E-state index is 0.411. The third-order valence-corrected chi connectivity index (χ3v) is 5.77. The Hall–Kier alpha value is -0.570. The lowest BCUT2D eigenvalue weighted by Gasteiger charge is -2.44. The van der Waals surface area contributed by atoms with Gasteiger partial charge in [-0.05, 0) is 62.8 Å². The summed E-state index contributed by atoms with van der Waals surface area (Å²) in [7, 11) is 0. The SMILES string of the molecule is CC(C)C(CCN)CCC(=O)N1CCC[C@H]2CCCC[C@H]21. The van der Waals surface area contributed by atoms with Gasteiger partial charge in [0.15, 0.2) is 0 Å². The smallest absolute Gasteiger partial charge is 0.222 e. The first kappa shape index (κ1) is 16.8. The zero-order chi connectivity index (χ0) is 15.2. The molecule has 2 N–H and O–H groups in total. The molecule has 2 aliphatic rings. The van der Waals surface area contributed by atoms with Crippen LogP contribution in [0.4, 0.5) is 0 Å². The highest BCUT2D eigenvalue weighted by molar-refractivity contribution is 5.76. The van der Waals surface area contributed by atoms with Crippen molar-refractivity contribution in [3.8, 4) is 0 Å². The first-order valence-corrected chi connectivity index (χ1v) is 9.13. The molecular formula is C18H34N2O. The molecular weight excluding hydrogens is 260 g/mol. The molecule has 2 fully saturated rings. The summed E-state index contributed by atoms with van der Waals surface area (Å²) in [6, 6.07) is 0.562. The molecule has 122 valence electrons. The van der Waals surface area contributed by atoms with E-state index in [0.29, 0.717) is 23.8 Å². The molecule has 1 unspecified atom stereocenters. The monoisotopic (exact) mass is 294 g/mol. The first-order valence-electron chi connectivity index (χ1n) is 9.13. The van der Waals surface area contributed by atoms with Crippen molar-refractivity contribution >= 4 is 5.91 Å². The van der Waals surface area contributed by atoms with Crippen molar-refractivity contribution in [3.63, 3.8) is 0 Å². The maximum atomic E-state index is 12.7. The number of fused-ring (bicyclic) bond motifs is 1. The number of rotatable bonds is 6. The van der Waals surface area contributed by atoms with Gasteiger partial charge in [0, 0.05) is 19.0 Å². The number of likely N-dealkylation sites (tertiary alicyclic amines) is 1. The fraction of sp³-hybridized carbons (Fsp3) is 0.944. The summed E-state index contributed by atoms with van der Waals surface area (Å²) in [6.07, 6.45) is 10.6. The topological polar surface area (TPSA) is 46.3 Å². The standard InChI is InChI=1S/C18H34N2O/c1-14(2)15(11-12-19)9-10-18(21)20-13-5-7-16-6-3-4-8-17(16)20/h14-17H,3-13,19H2,1-2H3/t15?,16-,17-/m1/s1. The predicted octanol–water partition coefficient (Wildman–Crippen LogP) is 3.57. The van der Waals surface area contributed by atoms with Gasteiger partial charge in [-0.3, -0.25) is 4.79 Å². The Balaban J connectivity index is 1.86. The van der Waals surface area contributed by atoms with E-state index in [4.69, 9.17) is 5.73 Å². The molecule has 1 aliphatic carbocycles. The molecule has 1 aliphatic heterocycles. The van der Waals surface area contributed by atoms with Crippen molar-refractivity contribution < 1.29 is 4.79 Å². The predicted molar refractivity (Wildman–Crippen MR) is 87.9 cm³/mol. The zero-order valence-electron chi connectivity index (χ0n) is 14.0. The molecule has 0 aromatic carbocycles. The summed E-state index contributed by atoms with van der Waals surface area (Å²) in [6.45, 7) is 6.25. The molecule has 0 radical (unpaired) electrons. The lowest BCUT2D eigenvalue weighted by Crippen LogP contribution is -2.49. The third kappa shape index (κ3) is 4.45. The molecule has 0 spiro atoms. The van der Waals surface area contributed by atoms with Crippen LogP contribution in [0, 0.1) is 17.8 Å². The van der Waals surface area contributed by atoms with Crippen molar-refractivity contribution in [2.45, 2.75) is 77.7 Å². The second-order valence-corrected chi connectivity index (χ2v) is 7.46. The lowest BCUT2D eigenvalue weighted by atomic mass is 9.78. The van der Waals surface area contributed by atoms with E-state index in [0.717, 1.165) is 38.3 Å². The summed E-state index contributed by atoms with van der Waals surface area (Å²) in [5.41, 5.74) is 5.71. The number of amides is 1. The van der Waals surface area contributed by atoms with Gasteiger partial charge in [-0.2, -0.15) is 0 Å². The normalized spacial score (nSPS) is 27.5. The maximum Gasteiger partial charge on any atom is 0.222 e. The summed E-state index contributed by atoms with van der Waals surface area (Å²) < 4.78 is 0. The van der Waals surface area contributed by atoms with Crippen LogP contribution in [-0.4, -0.2) is 29.9 Å². The van der Waals surface area contributed by atoms with E-state index in [-0.39, 0.29) is 0 Å². The number of nitrogens with two attached hydrogens (primary N) is 1. The molecule has 3 nitrogen and oxygen atoms in total. The van der Waals surface area contributed by atoms with Crippen LogP contribution in [0.3, 0.4) is 0 Å². The zero-order valence-corrected chi connectivity index (χ0v) is 14.0. The fourth-order valence-electron chi connectivity index (χ4n) is 4.41. The summed E-state index contributed by atoms with van der Waals surface area (Å²) in [4.78, 5) is 14.9. The second kappa shape index (κ2) is 8.17. The van der Waals surface area contributed by atoms with Crippen LogP contribution in [0.2, 0.25) is 0 Å². The van der Waals surface area contributed by atoms with Crippen molar-refractivity contribution in [2.75, 3.05) is 13.1 Å². The fourth-order valence-corrected chi connectivity index (χ4v) is 4.41. The van der Waals surface area contributed by atoms with E-state index in [1.54, 1.807) is 0 Å². The number of hydrogen-bond donors (Lipinski definition) is 1.